The summed E-state index contributed by atoms with van der Waals surface area (Å²) in [5.41, 5.74) is 0. The van der Waals surface area contributed by atoms with Gasteiger partial charge in [0.2, 0.25) is 0 Å². The lowest BCUT2D eigenvalue weighted by Gasteiger charge is -1.99. The summed E-state index contributed by atoms with van der Waals surface area (Å²) in [5.74, 6) is -3.25. The minimum atomic E-state index is -1.63. The molecule has 0 aliphatic rings. The second-order valence-electron chi connectivity index (χ2n) is 0.921. The summed E-state index contributed by atoms with van der Waals surface area (Å²) < 4.78 is 0. The van der Waals surface area contributed by atoms with Crippen LogP contribution in [0.15, 0.2) is 0 Å². The van der Waals surface area contributed by atoms with Crippen LogP contribution >= 0.6 is 11.6 Å². The zero-order chi connectivity index (χ0) is 7.86. The molecule has 0 heterocycles. The number of carboxylic acid groups (broad SMARTS) is 2. The molecule has 0 radical (unpaired) electrons. The van der Waals surface area contributed by atoms with E-state index in [1.165, 1.54) is 6.38 Å². The predicted molar refractivity (Wildman–Crippen MR) is 26.4 cm³/mol. The minimum Gasteiger partial charge on any atom is -0.550 e. The van der Waals surface area contributed by atoms with Gasteiger partial charge in [-0.3, -0.25) is 0 Å². The summed E-state index contributed by atoms with van der Waals surface area (Å²) in [4.78, 5) is 18.6. The molecule has 0 saturated heterocycles. The van der Waals surface area contributed by atoms with E-state index in [0.717, 1.165) is 0 Å². The standard InChI is InChI=1S/C3H4O4.CH3Cl/c4-2(5)1-3(6)7;1-2/h1H2,(H,4,5)(H,6,7);1H3/p-2. The van der Waals surface area contributed by atoms with Gasteiger partial charge in [-0.1, -0.05) is 0 Å². The smallest absolute Gasteiger partial charge is 0.0470 e. The summed E-state index contributed by atoms with van der Waals surface area (Å²) in [6.45, 7) is 0. The summed E-state index contributed by atoms with van der Waals surface area (Å²) in [5, 5.41) is 18.6. The van der Waals surface area contributed by atoms with Gasteiger partial charge < -0.3 is 19.8 Å². The number of rotatable bonds is 2. The van der Waals surface area contributed by atoms with Crippen LogP contribution in [0, 0.1) is 0 Å². The Morgan fingerprint density at radius 3 is 1.44 bits per heavy atom. The van der Waals surface area contributed by atoms with Crippen LogP contribution < -0.4 is 10.2 Å². The molecule has 0 saturated carbocycles. The van der Waals surface area contributed by atoms with Gasteiger partial charge in [0.15, 0.2) is 0 Å². The number of carboxylic acids is 2. The second kappa shape index (κ2) is 7.23. The van der Waals surface area contributed by atoms with Gasteiger partial charge in [-0.05, 0) is 0 Å². The van der Waals surface area contributed by atoms with Crippen LogP contribution in [0.2, 0.25) is 0 Å². The molecular formula is C4H5ClO4-2. The zero-order valence-corrected chi connectivity index (χ0v) is 5.47. The molecule has 4 nitrogen and oxygen atoms in total. The molecule has 9 heavy (non-hydrogen) atoms. The number of halogens is 1. The van der Waals surface area contributed by atoms with Crippen molar-refractivity contribution in [2.24, 2.45) is 0 Å². The number of carbonyl (C=O) groups is 2. The van der Waals surface area contributed by atoms with Gasteiger partial charge in [-0.25, -0.2) is 0 Å². The van der Waals surface area contributed by atoms with Crippen molar-refractivity contribution in [3.63, 3.8) is 0 Å². The van der Waals surface area contributed by atoms with E-state index in [4.69, 9.17) is 0 Å². The van der Waals surface area contributed by atoms with Crippen molar-refractivity contribution >= 4 is 23.5 Å². The number of carbonyl (C=O) groups excluding carboxylic acids is 2. The highest BCUT2D eigenvalue weighted by Crippen LogP contribution is 1.66. The Morgan fingerprint density at radius 1 is 1.22 bits per heavy atom. The predicted octanol–water partition coefficient (Wildman–Crippen LogP) is -2.27. The third kappa shape index (κ3) is 19.0. The molecule has 0 N–H and O–H groups in total. The maximum absolute atomic E-state index is 9.28. The molecule has 5 heteroatoms. The van der Waals surface area contributed by atoms with Crippen LogP contribution in [-0.2, 0) is 9.59 Å². The van der Waals surface area contributed by atoms with Gasteiger partial charge >= 0.3 is 0 Å². The fourth-order valence-corrected chi connectivity index (χ4v) is 0.118. The van der Waals surface area contributed by atoms with Gasteiger partial charge in [0, 0.05) is 24.7 Å². The maximum Gasteiger partial charge on any atom is 0.0470 e. The normalized spacial score (nSPS) is 6.89. The number of alkyl halides is 1. The highest BCUT2D eigenvalue weighted by atomic mass is 35.5. The largest absolute Gasteiger partial charge is 0.550 e. The highest BCUT2D eigenvalue weighted by Gasteiger charge is 1.81. The molecule has 0 fully saturated rings. The van der Waals surface area contributed by atoms with Gasteiger partial charge in [0.1, 0.15) is 0 Å². The molecule has 54 valence electrons. The molecular weight excluding hydrogens is 147 g/mol. The Bertz CT molecular complexity index is 88.7. The topological polar surface area (TPSA) is 80.3 Å². The summed E-state index contributed by atoms with van der Waals surface area (Å²) in [7, 11) is 0. The van der Waals surface area contributed by atoms with E-state index < -0.39 is 18.4 Å². The van der Waals surface area contributed by atoms with Crippen LogP contribution in [-0.4, -0.2) is 18.3 Å². The SMILES string of the molecule is CCl.O=C([O-])CC(=O)[O-]. The average molecular weight is 153 g/mol. The summed E-state index contributed by atoms with van der Waals surface area (Å²) >= 11 is 4.64. The molecule has 0 aromatic heterocycles. The van der Waals surface area contributed by atoms with Crippen LogP contribution in [0.4, 0.5) is 0 Å². The quantitative estimate of drug-likeness (QED) is 0.330. The van der Waals surface area contributed by atoms with Crippen molar-refractivity contribution in [2.75, 3.05) is 6.38 Å². The van der Waals surface area contributed by atoms with Crippen LogP contribution in [0.1, 0.15) is 6.42 Å². The molecule has 0 rings (SSSR count). The van der Waals surface area contributed by atoms with Crippen molar-refractivity contribution in [3.05, 3.63) is 0 Å². The summed E-state index contributed by atoms with van der Waals surface area (Å²) in [6, 6.07) is 0. The molecule has 0 bridgehead atoms. The molecule has 0 spiro atoms. The molecule has 0 amide bonds. The van der Waals surface area contributed by atoms with E-state index in [1.807, 2.05) is 0 Å². The third-order valence-corrected chi connectivity index (χ3v) is 0.289. The van der Waals surface area contributed by atoms with Crippen LogP contribution in [0.3, 0.4) is 0 Å². The fraction of sp³-hybridized carbons (Fsp3) is 0.500. The van der Waals surface area contributed by atoms with E-state index >= 15 is 0 Å². The van der Waals surface area contributed by atoms with Gasteiger partial charge in [-0.15, -0.1) is 11.6 Å². The zero-order valence-electron chi connectivity index (χ0n) is 4.72. The maximum atomic E-state index is 9.28. The second-order valence-corrected chi connectivity index (χ2v) is 0.921. The van der Waals surface area contributed by atoms with Gasteiger partial charge in [0.25, 0.3) is 0 Å². The molecule has 0 atom stereocenters. The molecule has 0 aliphatic heterocycles. The van der Waals surface area contributed by atoms with Crippen molar-refractivity contribution in [1.82, 2.24) is 0 Å². The fourth-order valence-electron chi connectivity index (χ4n) is 0.118. The van der Waals surface area contributed by atoms with E-state index in [-0.39, 0.29) is 0 Å². The Balaban J connectivity index is 0. The Kier molecular flexibility index (Phi) is 8.90. The molecule has 0 unspecified atom stereocenters. The third-order valence-electron chi connectivity index (χ3n) is 0.289. The molecule has 0 aliphatic carbocycles. The minimum absolute atomic E-state index is 1.03. The van der Waals surface area contributed by atoms with E-state index in [1.54, 1.807) is 0 Å². The van der Waals surface area contributed by atoms with E-state index in [2.05, 4.69) is 11.6 Å². The van der Waals surface area contributed by atoms with E-state index in [9.17, 15) is 19.8 Å². The molecule has 0 aromatic rings. The van der Waals surface area contributed by atoms with Crippen molar-refractivity contribution in [1.29, 1.82) is 0 Å². The first-order valence-corrected chi connectivity index (χ1v) is 2.66. The van der Waals surface area contributed by atoms with E-state index in [0.29, 0.717) is 0 Å². The Labute approximate surface area is 57.1 Å². The first-order valence-electron chi connectivity index (χ1n) is 1.90. The number of aliphatic carboxylic acids is 2. The van der Waals surface area contributed by atoms with Crippen LogP contribution in [0.5, 0.6) is 0 Å². The van der Waals surface area contributed by atoms with Gasteiger partial charge in [0.05, 0.1) is 0 Å². The average Bonchev–Trinajstić information content (AvgIpc) is 1.68. The first kappa shape index (κ1) is 11.1. The lowest BCUT2D eigenvalue weighted by Crippen LogP contribution is -2.32. The Morgan fingerprint density at radius 2 is 1.44 bits per heavy atom. The lowest BCUT2D eigenvalue weighted by molar-refractivity contribution is -0.322. The monoisotopic (exact) mass is 152 g/mol. The van der Waals surface area contributed by atoms with Gasteiger partial charge in [-0.2, -0.15) is 0 Å². The van der Waals surface area contributed by atoms with Crippen molar-refractivity contribution in [2.45, 2.75) is 6.42 Å². The number of hydrogen-bond acceptors (Lipinski definition) is 4. The lowest BCUT2D eigenvalue weighted by atomic mass is 10.5. The highest BCUT2D eigenvalue weighted by molar-refractivity contribution is 6.15. The number of hydrogen-bond donors (Lipinski definition) is 0. The molecule has 0 aromatic carbocycles. The van der Waals surface area contributed by atoms with Crippen molar-refractivity contribution in [3.8, 4) is 0 Å². The Hall–Kier alpha value is -0.770. The summed E-state index contributed by atoms with van der Waals surface area (Å²) in [6.07, 6.45) is 0.444. The first-order chi connectivity index (χ1) is 4.13. The van der Waals surface area contributed by atoms with Crippen molar-refractivity contribution < 1.29 is 19.8 Å². The van der Waals surface area contributed by atoms with Crippen LogP contribution in [0.25, 0.3) is 0 Å².